The minimum Gasteiger partial charge on any atom is -0.488 e. The summed E-state index contributed by atoms with van der Waals surface area (Å²) in [5.41, 5.74) is 2.37. The van der Waals surface area contributed by atoms with Crippen LogP contribution in [-0.4, -0.2) is 35.6 Å². The van der Waals surface area contributed by atoms with Crippen molar-refractivity contribution in [3.8, 4) is 11.6 Å². The first-order valence-corrected chi connectivity index (χ1v) is 10.7. The minimum absolute atomic E-state index is 0.375. The molecule has 8 heteroatoms. The largest absolute Gasteiger partial charge is 0.488 e. The molecule has 4 heterocycles. The topological polar surface area (TPSA) is 46.6 Å². The van der Waals surface area contributed by atoms with Crippen LogP contribution in [0.15, 0.2) is 46.8 Å². The van der Waals surface area contributed by atoms with E-state index in [1.165, 1.54) is 0 Å². The maximum Gasteiger partial charge on any atom is 0.213 e. The van der Waals surface area contributed by atoms with Crippen molar-refractivity contribution in [1.82, 2.24) is 10.3 Å². The molecule has 144 valence electrons. The number of para-hydroxylation sites is 1. The Labute approximate surface area is 178 Å². The van der Waals surface area contributed by atoms with Crippen LogP contribution in [0.5, 0.6) is 11.6 Å². The van der Waals surface area contributed by atoms with Gasteiger partial charge in [-0.3, -0.25) is 0 Å². The van der Waals surface area contributed by atoms with Crippen LogP contribution in [0.25, 0.3) is 0 Å². The number of thiocarbonyl (C=S) groups is 1. The van der Waals surface area contributed by atoms with Crippen LogP contribution in [0.1, 0.15) is 17.7 Å². The van der Waals surface area contributed by atoms with Crippen molar-refractivity contribution >= 4 is 46.4 Å². The molecule has 1 aromatic carbocycles. The zero-order chi connectivity index (χ0) is 19.3. The molecule has 5 nitrogen and oxygen atoms in total. The van der Waals surface area contributed by atoms with E-state index in [9.17, 15) is 0 Å². The zero-order valence-corrected chi connectivity index (χ0v) is 17.5. The van der Waals surface area contributed by atoms with Gasteiger partial charge in [-0.25, -0.2) is 4.98 Å². The van der Waals surface area contributed by atoms with E-state index in [2.05, 4.69) is 28.4 Å². The number of rotatable bonds is 3. The molecule has 1 N–H and O–H groups in total. The summed E-state index contributed by atoms with van der Waals surface area (Å²) in [5, 5.41) is 4.59. The van der Waals surface area contributed by atoms with Gasteiger partial charge >= 0.3 is 0 Å². The van der Waals surface area contributed by atoms with E-state index in [-0.39, 0.29) is 0 Å². The maximum absolute atomic E-state index is 6.16. The summed E-state index contributed by atoms with van der Waals surface area (Å²) < 4.78 is 12.2. The maximum atomic E-state index is 6.16. The molecule has 0 bridgehead atoms. The highest BCUT2D eigenvalue weighted by Gasteiger charge is 2.50. The molecule has 1 spiro atoms. The van der Waals surface area contributed by atoms with E-state index in [4.69, 9.17) is 38.3 Å². The minimum atomic E-state index is -0.618. The summed E-state index contributed by atoms with van der Waals surface area (Å²) in [6.45, 7) is 1.22. The molecule has 0 amide bonds. The zero-order valence-electron chi connectivity index (χ0n) is 15.1. The Hall–Kier alpha value is -1.96. The number of benzene rings is 1. The number of allylic oxidation sites excluding steroid dienone is 1. The molecular formula is C20H18ClN3O2S2. The molecule has 0 radical (unpaired) electrons. The quantitative estimate of drug-likeness (QED) is 0.737. The lowest BCUT2D eigenvalue weighted by atomic mass is 9.84. The van der Waals surface area contributed by atoms with Crippen LogP contribution in [0.4, 0.5) is 5.69 Å². The normalized spacial score (nSPS) is 25.1. The van der Waals surface area contributed by atoms with Gasteiger partial charge in [0.1, 0.15) is 23.6 Å². The molecule has 5 rings (SSSR count). The molecule has 2 aromatic rings. The van der Waals surface area contributed by atoms with Crippen molar-refractivity contribution in [3.05, 3.63) is 58.1 Å². The van der Waals surface area contributed by atoms with Gasteiger partial charge in [0.2, 0.25) is 5.88 Å². The molecule has 0 saturated heterocycles. The molecule has 2 atom stereocenters. The van der Waals surface area contributed by atoms with Crippen molar-refractivity contribution < 1.29 is 9.47 Å². The highest BCUT2D eigenvalue weighted by molar-refractivity contribution is 8.05. The summed E-state index contributed by atoms with van der Waals surface area (Å²) in [4.78, 5) is 6.86. The molecule has 2 unspecified atom stereocenters. The Bertz CT molecular complexity index is 999. The molecule has 28 heavy (non-hydrogen) atoms. The number of nitrogens with zero attached hydrogens (tertiary/aromatic N) is 2. The molecule has 1 aromatic heterocycles. The molecular weight excluding hydrogens is 414 g/mol. The molecule has 0 fully saturated rings. The number of ether oxygens (including phenoxy) is 2. The Balaban J connectivity index is 1.58. The lowest BCUT2D eigenvalue weighted by molar-refractivity contribution is 0.277. The average molecular weight is 432 g/mol. The van der Waals surface area contributed by atoms with Gasteiger partial charge in [0.25, 0.3) is 0 Å². The van der Waals surface area contributed by atoms with Gasteiger partial charge in [0.05, 0.1) is 11.5 Å². The summed E-state index contributed by atoms with van der Waals surface area (Å²) >= 11 is 13.7. The van der Waals surface area contributed by atoms with Crippen molar-refractivity contribution in [2.24, 2.45) is 0 Å². The Kier molecular flexibility index (Phi) is 4.41. The molecule has 3 aliphatic rings. The molecule has 0 saturated carbocycles. The number of thioether (sulfide) groups is 1. The monoisotopic (exact) mass is 431 g/mol. The van der Waals surface area contributed by atoms with E-state index in [1.54, 1.807) is 18.9 Å². The summed E-state index contributed by atoms with van der Waals surface area (Å²) in [6.07, 6.45) is 3.02. The van der Waals surface area contributed by atoms with Crippen LogP contribution < -0.4 is 19.7 Å². The Morgan fingerprint density at radius 1 is 1.39 bits per heavy atom. The third-order valence-electron chi connectivity index (χ3n) is 5.32. The summed E-state index contributed by atoms with van der Waals surface area (Å²) in [6, 6.07) is 12.0. The van der Waals surface area contributed by atoms with Gasteiger partial charge < -0.3 is 19.7 Å². The van der Waals surface area contributed by atoms with Crippen molar-refractivity contribution in [3.63, 3.8) is 0 Å². The third-order valence-corrected chi connectivity index (χ3v) is 7.13. The first kappa shape index (κ1) is 18.1. The number of fused-ring (bicyclic) bond motifs is 4. The van der Waals surface area contributed by atoms with Crippen LogP contribution in [0.2, 0.25) is 0 Å². The van der Waals surface area contributed by atoms with Gasteiger partial charge in [0, 0.05) is 29.1 Å². The lowest BCUT2D eigenvalue weighted by Gasteiger charge is -2.43. The van der Waals surface area contributed by atoms with Crippen LogP contribution in [0, 0.1) is 0 Å². The number of hydrogen-bond acceptors (Lipinski definition) is 5. The number of anilines is 1. The van der Waals surface area contributed by atoms with Gasteiger partial charge in [0.15, 0.2) is 5.11 Å². The Morgan fingerprint density at radius 3 is 3.04 bits per heavy atom. The summed E-state index contributed by atoms with van der Waals surface area (Å²) in [7, 11) is 1.62. The van der Waals surface area contributed by atoms with Crippen LogP contribution >= 0.6 is 35.6 Å². The number of hydrogen-bond donors (Lipinski definition) is 1. The van der Waals surface area contributed by atoms with Crippen molar-refractivity contribution in [2.75, 3.05) is 25.2 Å². The van der Waals surface area contributed by atoms with Gasteiger partial charge in [-0.15, -0.1) is 11.8 Å². The average Bonchev–Trinajstić information content (AvgIpc) is 3.29. The smallest absolute Gasteiger partial charge is 0.213 e. The predicted molar refractivity (Wildman–Crippen MR) is 117 cm³/mol. The van der Waals surface area contributed by atoms with E-state index >= 15 is 0 Å². The van der Waals surface area contributed by atoms with Gasteiger partial charge in [-0.1, -0.05) is 35.9 Å². The number of halogens is 1. The van der Waals surface area contributed by atoms with Crippen LogP contribution in [-0.2, 0) is 5.54 Å². The fourth-order valence-electron chi connectivity index (χ4n) is 3.99. The second kappa shape index (κ2) is 6.83. The number of pyridine rings is 1. The van der Waals surface area contributed by atoms with E-state index < -0.39 is 5.54 Å². The highest BCUT2D eigenvalue weighted by Crippen LogP contribution is 2.47. The highest BCUT2D eigenvalue weighted by atomic mass is 35.5. The third kappa shape index (κ3) is 2.76. The second-order valence-electron chi connectivity index (χ2n) is 6.94. The Morgan fingerprint density at radius 2 is 2.25 bits per heavy atom. The van der Waals surface area contributed by atoms with E-state index in [0.29, 0.717) is 22.8 Å². The first-order valence-electron chi connectivity index (χ1n) is 9.00. The number of methoxy groups -OCH3 is 1. The lowest BCUT2D eigenvalue weighted by Crippen LogP contribution is -2.59. The van der Waals surface area contributed by atoms with E-state index in [0.717, 1.165) is 40.0 Å². The predicted octanol–water partition coefficient (Wildman–Crippen LogP) is 4.01. The summed E-state index contributed by atoms with van der Waals surface area (Å²) in [5.74, 6) is 1.31. The molecule has 3 aliphatic heterocycles. The first-order chi connectivity index (χ1) is 13.6. The van der Waals surface area contributed by atoms with Crippen molar-refractivity contribution in [1.29, 1.82) is 0 Å². The fraction of sp³-hybridized carbons (Fsp3) is 0.300. The fourth-order valence-corrected chi connectivity index (χ4v) is 5.73. The van der Waals surface area contributed by atoms with Gasteiger partial charge in [-0.05, 0) is 30.8 Å². The number of nitrogens with one attached hydrogen (secondary N) is 1. The second-order valence-corrected chi connectivity index (χ2v) is 9.30. The van der Waals surface area contributed by atoms with Crippen molar-refractivity contribution in [2.45, 2.75) is 17.2 Å². The molecule has 0 aliphatic carbocycles. The standard InChI is InChI=1S/C20H18ClN3O2S2/c1-25-17-9-7-15-18(22-17)20(11-26-15)13-4-2-3-5-14(13)24(19(27)23-20)10-12-6-8-16(21)28-12/h2-5,7-9,12H,6,10-11H2,1H3,(H,23,27). The van der Waals surface area contributed by atoms with E-state index in [1.807, 2.05) is 24.3 Å². The van der Waals surface area contributed by atoms with Gasteiger partial charge in [-0.2, -0.15) is 0 Å². The SMILES string of the molecule is COc1ccc2c(n1)C1(CO2)NC(=S)N(CC2CC=C(Cl)S2)c2ccccc21. The van der Waals surface area contributed by atoms with Crippen LogP contribution in [0.3, 0.4) is 0 Å². The number of aromatic nitrogens is 1.